The number of nitro benzene ring substituents is 1. The topological polar surface area (TPSA) is 101 Å². The first-order chi connectivity index (χ1) is 14.6. The zero-order chi connectivity index (χ0) is 20.7. The van der Waals surface area contributed by atoms with E-state index in [1.54, 1.807) is 17.3 Å². The summed E-state index contributed by atoms with van der Waals surface area (Å²) in [6.45, 7) is 0.535. The van der Waals surface area contributed by atoms with Gasteiger partial charge in [-0.05, 0) is 11.6 Å². The van der Waals surface area contributed by atoms with Gasteiger partial charge in [-0.1, -0.05) is 47.7 Å². The van der Waals surface area contributed by atoms with Gasteiger partial charge in [0.1, 0.15) is 15.4 Å². The van der Waals surface area contributed by atoms with E-state index in [2.05, 4.69) is 15.3 Å². The van der Waals surface area contributed by atoms with Crippen molar-refractivity contribution in [3.63, 3.8) is 0 Å². The lowest BCUT2D eigenvalue weighted by atomic mass is 10.1. The van der Waals surface area contributed by atoms with Gasteiger partial charge in [-0.25, -0.2) is 9.99 Å². The molecule has 1 aliphatic rings. The summed E-state index contributed by atoms with van der Waals surface area (Å²) in [5.74, 6) is -0.335. The van der Waals surface area contributed by atoms with Crippen LogP contribution in [0.25, 0.3) is 10.2 Å². The van der Waals surface area contributed by atoms with Gasteiger partial charge >= 0.3 is 0 Å². The number of hydrogen-bond acceptors (Lipinski definition) is 8. The fourth-order valence-corrected chi connectivity index (χ4v) is 4.43. The van der Waals surface area contributed by atoms with Crippen molar-refractivity contribution in [1.29, 1.82) is 0 Å². The van der Waals surface area contributed by atoms with Gasteiger partial charge in [-0.15, -0.1) is 16.5 Å². The lowest BCUT2D eigenvalue weighted by molar-refractivity contribution is -0.384. The second-order valence-electron chi connectivity index (χ2n) is 6.66. The highest BCUT2D eigenvalue weighted by Gasteiger charge is 2.27. The quantitative estimate of drug-likeness (QED) is 0.245. The van der Waals surface area contributed by atoms with Crippen LogP contribution in [-0.4, -0.2) is 15.7 Å². The molecule has 0 saturated heterocycles. The Balaban J connectivity index is 1.57. The van der Waals surface area contributed by atoms with E-state index < -0.39 is 4.92 Å². The van der Waals surface area contributed by atoms with Crippen LogP contribution in [0.15, 0.2) is 77.2 Å². The fraction of sp³-hybridized carbons (Fsp3) is 0.0476. The number of nitro groups is 1. The maximum atomic E-state index is 13.1. The first kappa shape index (κ1) is 18.1. The standard InChI is InChI=1S/C21H13N5O3S/c27-19(14-7-4-8-15(11-14)26(28)29)20-18-17-16(9-10-22-21(17)30-20)25(24-23-18)12-13-5-2-1-3-6-13/h1-11H,12H2. The van der Waals surface area contributed by atoms with Crippen LogP contribution in [0.2, 0.25) is 0 Å². The largest absolute Gasteiger partial charge is 0.288 e. The summed E-state index contributed by atoms with van der Waals surface area (Å²) in [5.41, 5.74) is 2.45. The summed E-state index contributed by atoms with van der Waals surface area (Å²) in [5, 5.41) is 22.3. The molecule has 2 aromatic heterocycles. The molecule has 1 aliphatic heterocycles. The Morgan fingerprint density at radius 2 is 1.93 bits per heavy atom. The predicted molar refractivity (Wildman–Crippen MR) is 113 cm³/mol. The molecule has 0 saturated carbocycles. The van der Waals surface area contributed by atoms with Crippen molar-refractivity contribution >= 4 is 44.4 Å². The molecule has 30 heavy (non-hydrogen) atoms. The predicted octanol–water partition coefficient (Wildman–Crippen LogP) is 5.45. The van der Waals surface area contributed by atoms with E-state index in [1.165, 1.54) is 29.5 Å². The van der Waals surface area contributed by atoms with Gasteiger partial charge in [0, 0.05) is 23.9 Å². The van der Waals surface area contributed by atoms with Gasteiger partial charge in [0.15, 0.2) is 0 Å². The number of nitrogens with zero attached hydrogens (tertiary/aromatic N) is 5. The minimum Gasteiger partial charge on any atom is -0.288 e. The number of anilines is 1. The molecule has 8 nitrogen and oxygen atoms in total. The van der Waals surface area contributed by atoms with Crippen LogP contribution >= 0.6 is 11.3 Å². The van der Waals surface area contributed by atoms with E-state index >= 15 is 0 Å². The minimum absolute atomic E-state index is 0.134. The molecule has 0 aliphatic carbocycles. The summed E-state index contributed by atoms with van der Waals surface area (Å²) in [6.07, 6.45) is 1.68. The molecule has 0 spiro atoms. The summed E-state index contributed by atoms with van der Waals surface area (Å²) < 4.78 is 0. The average molecular weight is 415 g/mol. The average Bonchev–Trinajstić information content (AvgIpc) is 3.16. The maximum absolute atomic E-state index is 13.1. The number of carbonyl (C=O) groups excluding carboxylic acids is 1. The number of thiophene rings is 1. The third-order valence-corrected chi connectivity index (χ3v) is 5.86. The molecule has 3 heterocycles. The van der Waals surface area contributed by atoms with Crippen molar-refractivity contribution in [2.45, 2.75) is 6.54 Å². The third-order valence-electron chi connectivity index (χ3n) is 4.78. The van der Waals surface area contributed by atoms with Crippen LogP contribution in [-0.2, 0) is 6.54 Å². The highest BCUT2D eigenvalue weighted by Crippen LogP contribution is 2.46. The second-order valence-corrected chi connectivity index (χ2v) is 7.66. The molecule has 0 N–H and O–H groups in total. The lowest BCUT2D eigenvalue weighted by Crippen LogP contribution is -2.16. The Morgan fingerprint density at radius 1 is 1.10 bits per heavy atom. The summed E-state index contributed by atoms with van der Waals surface area (Å²) in [4.78, 5) is 29.1. The first-order valence-electron chi connectivity index (χ1n) is 9.05. The Labute approximate surface area is 174 Å². The fourth-order valence-electron chi connectivity index (χ4n) is 3.37. The van der Waals surface area contributed by atoms with Crippen molar-refractivity contribution in [3.8, 4) is 0 Å². The van der Waals surface area contributed by atoms with Gasteiger partial charge in [-0.2, -0.15) is 0 Å². The normalized spacial score (nSPS) is 12.3. The molecule has 5 rings (SSSR count). The highest BCUT2D eigenvalue weighted by atomic mass is 32.1. The van der Waals surface area contributed by atoms with Gasteiger partial charge in [-0.3, -0.25) is 14.9 Å². The van der Waals surface area contributed by atoms with Crippen molar-refractivity contribution in [2.75, 3.05) is 5.01 Å². The van der Waals surface area contributed by atoms with Gasteiger partial charge in [0.25, 0.3) is 5.69 Å². The van der Waals surface area contributed by atoms with Crippen molar-refractivity contribution in [3.05, 3.63) is 93.0 Å². The molecule has 4 aromatic rings. The van der Waals surface area contributed by atoms with E-state index in [9.17, 15) is 14.9 Å². The molecular formula is C21H13N5O3S. The number of ketones is 1. The Bertz CT molecular complexity index is 1330. The number of hydrogen-bond donors (Lipinski definition) is 0. The molecule has 0 atom stereocenters. The Hall–Kier alpha value is -3.98. The monoisotopic (exact) mass is 415 g/mol. The summed E-state index contributed by atoms with van der Waals surface area (Å²) in [6, 6.07) is 17.4. The molecule has 0 amide bonds. The van der Waals surface area contributed by atoms with Crippen LogP contribution in [0.1, 0.15) is 20.8 Å². The van der Waals surface area contributed by atoms with Crippen molar-refractivity contribution in [1.82, 2.24) is 4.98 Å². The second kappa shape index (κ2) is 7.12. The minimum atomic E-state index is -0.521. The van der Waals surface area contributed by atoms with E-state index in [4.69, 9.17) is 0 Å². The molecule has 146 valence electrons. The van der Waals surface area contributed by atoms with Crippen molar-refractivity contribution in [2.24, 2.45) is 10.3 Å². The zero-order valence-electron chi connectivity index (χ0n) is 15.4. The Morgan fingerprint density at radius 3 is 2.73 bits per heavy atom. The number of pyridine rings is 1. The van der Waals surface area contributed by atoms with Crippen LogP contribution in [0, 0.1) is 10.1 Å². The molecule has 2 aromatic carbocycles. The molecular weight excluding hydrogens is 402 g/mol. The van der Waals surface area contributed by atoms with Gasteiger partial charge < -0.3 is 0 Å². The number of benzene rings is 2. The first-order valence-corrected chi connectivity index (χ1v) is 9.87. The van der Waals surface area contributed by atoms with E-state index in [0.717, 1.165) is 16.6 Å². The Kier molecular flexibility index (Phi) is 4.29. The molecule has 0 unspecified atom stereocenters. The van der Waals surface area contributed by atoms with E-state index in [1.807, 2.05) is 36.4 Å². The van der Waals surface area contributed by atoms with Crippen LogP contribution < -0.4 is 5.01 Å². The number of aromatic nitrogens is 1. The third kappa shape index (κ3) is 3.01. The molecule has 0 bridgehead atoms. The summed E-state index contributed by atoms with van der Waals surface area (Å²) >= 11 is 1.22. The molecule has 0 fully saturated rings. The number of carbonyl (C=O) groups is 1. The zero-order valence-corrected chi connectivity index (χ0v) is 16.2. The van der Waals surface area contributed by atoms with Crippen molar-refractivity contribution < 1.29 is 9.72 Å². The van der Waals surface area contributed by atoms with Crippen LogP contribution in [0.5, 0.6) is 0 Å². The highest BCUT2D eigenvalue weighted by molar-refractivity contribution is 7.21. The molecule has 9 heteroatoms. The molecule has 0 radical (unpaired) electrons. The van der Waals surface area contributed by atoms with E-state index in [-0.39, 0.29) is 17.0 Å². The number of rotatable bonds is 5. The smallest absolute Gasteiger partial charge is 0.270 e. The van der Waals surface area contributed by atoms with Crippen LogP contribution in [0.3, 0.4) is 0 Å². The van der Waals surface area contributed by atoms with Crippen LogP contribution in [0.4, 0.5) is 17.1 Å². The lowest BCUT2D eigenvalue weighted by Gasteiger charge is -2.21. The maximum Gasteiger partial charge on any atom is 0.270 e. The number of non-ortho nitro benzene ring substituents is 1. The van der Waals surface area contributed by atoms with Gasteiger partial charge in [0.05, 0.1) is 22.5 Å². The van der Waals surface area contributed by atoms with E-state index in [0.29, 0.717) is 21.9 Å². The van der Waals surface area contributed by atoms with Gasteiger partial charge in [0.2, 0.25) is 5.78 Å². The summed E-state index contributed by atoms with van der Waals surface area (Å²) in [7, 11) is 0. The SMILES string of the molecule is O=C(c1cccc([N+](=O)[O-])c1)c1sc2nccc3c2c1N=NN3Cc1ccccc1.